The molecule has 0 aromatic heterocycles. The number of amides is 1. The molecule has 3 heteroatoms. The Kier molecular flexibility index (Phi) is 6.65. The van der Waals surface area contributed by atoms with Gasteiger partial charge in [-0.05, 0) is 30.6 Å². The topological polar surface area (TPSA) is 23.6 Å². The van der Waals surface area contributed by atoms with Gasteiger partial charge in [-0.25, -0.2) is 0 Å². The van der Waals surface area contributed by atoms with Gasteiger partial charge in [-0.1, -0.05) is 42.3 Å². The molecule has 0 N–H and O–H groups in total. The highest BCUT2D eigenvalue weighted by Gasteiger charge is 2.14. The van der Waals surface area contributed by atoms with Crippen LogP contribution < -0.4 is 0 Å². The molecule has 0 unspecified atom stereocenters. The van der Waals surface area contributed by atoms with Crippen LogP contribution in [0.2, 0.25) is 0 Å². The number of carbonyl (C=O) groups excluding carboxylic acids is 1. The lowest BCUT2D eigenvalue weighted by atomic mass is 10.1. The molecule has 1 aromatic rings. The fourth-order valence-electron chi connectivity index (χ4n) is 2.56. The third kappa shape index (κ3) is 5.77. The molecule has 0 spiro atoms. The smallest absolute Gasteiger partial charge is 0.246 e. The van der Waals surface area contributed by atoms with Crippen molar-refractivity contribution in [1.82, 2.24) is 9.80 Å². The predicted octanol–water partition coefficient (Wildman–Crippen LogP) is 2.81. The molecule has 0 fully saturated rings. The molecule has 2 rings (SSSR count). The van der Waals surface area contributed by atoms with Crippen LogP contribution >= 0.6 is 0 Å². The molecule has 23 heavy (non-hydrogen) atoms. The summed E-state index contributed by atoms with van der Waals surface area (Å²) in [5.41, 5.74) is 2.33. The number of carbonyl (C=O) groups is 1. The Morgan fingerprint density at radius 1 is 1.35 bits per heavy atom. The summed E-state index contributed by atoms with van der Waals surface area (Å²) in [6.07, 6.45) is 6.78. The Labute approximate surface area is 139 Å². The average Bonchev–Trinajstić information content (AvgIpc) is 2.59. The van der Waals surface area contributed by atoms with Gasteiger partial charge in [0.1, 0.15) is 0 Å². The zero-order valence-electron chi connectivity index (χ0n) is 14.0. The van der Waals surface area contributed by atoms with Crippen LogP contribution in [0.25, 0.3) is 6.08 Å². The molecule has 120 valence electrons. The Morgan fingerprint density at radius 3 is 2.87 bits per heavy atom. The average molecular weight is 308 g/mol. The molecule has 1 aliphatic rings. The lowest BCUT2D eigenvalue weighted by molar-refractivity contribution is -0.124. The Bertz CT molecular complexity index is 635. The second kappa shape index (κ2) is 8.97. The van der Waals surface area contributed by atoms with Gasteiger partial charge in [-0.3, -0.25) is 9.69 Å². The molecule has 3 nitrogen and oxygen atoms in total. The molecule has 1 aromatic carbocycles. The number of benzene rings is 1. The summed E-state index contributed by atoms with van der Waals surface area (Å²) in [4.78, 5) is 16.3. The van der Waals surface area contributed by atoms with Crippen LogP contribution in [0.15, 0.2) is 48.1 Å². The van der Waals surface area contributed by atoms with Crippen molar-refractivity contribution in [2.75, 3.05) is 33.2 Å². The first kappa shape index (κ1) is 17.1. The van der Waals surface area contributed by atoms with E-state index in [-0.39, 0.29) is 5.91 Å². The van der Waals surface area contributed by atoms with Crippen molar-refractivity contribution in [2.24, 2.45) is 0 Å². The second-order valence-electron chi connectivity index (χ2n) is 5.73. The Balaban J connectivity index is 1.86. The largest absolute Gasteiger partial charge is 0.338 e. The molecule has 0 aliphatic carbocycles. The fraction of sp³-hybridized carbons (Fsp3) is 0.350. The minimum absolute atomic E-state index is 0.0280. The summed E-state index contributed by atoms with van der Waals surface area (Å²) in [6.45, 7) is 5.29. The van der Waals surface area contributed by atoms with E-state index in [1.54, 1.807) is 11.0 Å². The van der Waals surface area contributed by atoms with Crippen molar-refractivity contribution in [2.45, 2.75) is 13.3 Å². The van der Waals surface area contributed by atoms with Crippen LogP contribution in [0.5, 0.6) is 0 Å². The van der Waals surface area contributed by atoms with Crippen LogP contribution in [-0.2, 0) is 4.79 Å². The zero-order chi connectivity index (χ0) is 16.5. The third-order valence-corrected chi connectivity index (χ3v) is 3.82. The van der Waals surface area contributed by atoms with Gasteiger partial charge in [0.15, 0.2) is 0 Å². The number of rotatable bonds is 5. The third-order valence-electron chi connectivity index (χ3n) is 3.82. The van der Waals surface area contributed by atoms with Crippen molar-refractivity contribution in [3.63, 3.8) is 0 Å². The van der Waals surface area contributed by atoms with E-state index in [1.807, 2.05) is 50.4 Å². The van der Waals surface area contributed by atoms with Gasteiger partial charge in [0, 0.05) is 32.8 Å². The molecule has 1 amide bonds. The first-order valence-electron chi connectivity index (χ1n) is 7.97. The van der Waals surface area contributed by atoms with E-state index in [2.05, 4.69) is 22.8 Å². The number of likely N-dealkylation sites (N-methyl/N-ethyl adjacent to an activating group) is 1. The summed E-state index contributed by atoms with van der Waals surface area (Å²) < 4.78 is 0. The van der Waals surface area contributed by atoms with Crippen LogP contribution in [0.3, 0.4) is 0 Å². The highest BCUT2D eigenvalue weighted by Crippen LogP contribution is 2.11. The van der Waals surface area contributed by atoms with Gasteiger partial charge in [-0.2, -0.15) is 0 Å². The molecule has 0 saturated carbocycles. The molecule has 0 atom stereocenters. The molecule has 1 aliphatic heterocycles. The maximum absolute atomic E-state index is 12.2. The lowest BCUT2D eigenvalue weighted by Gasteiger charge is -2.27. The van der Waals surface area contributed by atoms with Crippen molar-refractivity contribution in [3.05, 3.63) is 53.6 Å². The molecule has 0 bridgehead atoms. The molecular formula is C20H24N2O. The second-order valence-corrected chi connectivity index (χ2v) is 5.73. The van der Waals surface area contributed by atoms with Crippen molar-refractivity contribution >= 4 is 12.0 Å². The van der Waals surface area contributed by atoms with Gasteiger partial charge in [0.25, 0.3) is 0 Å². The van der Waals surface area contributed by atoms with Crippen molar-refractivity contribution in [1.29, 1.82) is 0 Å². The number of hydrogen-bond acceptors (Lipinski definition) is 2. The van der Waals surface area contributed by atoms with E-state index >= 15 is 0 Å². The first-order chi connectivity index (χ1) is 11.2. The van der Waals surface area contributed by atoms with Crippen LogP contribution in [0.1, 0.15) is 18.9 Å². The number of hydrogen-bond donors (Lipinski definition) is 0. The maximum atomic E-state index is 12.2. The fourth-order valence-corrected chi connectivity index (χ4v) is 2.56. The van der Waals surface area contributed by atoms with Gasteiger partial charge in [0.2, 0.25) is 5.91 Å². The summed E-state index contributed by atoms with van der Waals surface area (Å²) in [5.74, 6) is 6.07. The number of nitrogens with zero attached hydrogens (tertiary/aromatic N) is 2. The van der Waals surface area contributed by atoms with E-state index in [9.17, 15) is 4.79 Å². The summed E-state index contributed by atoms with van der Waals surface area (Å²) in [6, 6.07) is 9.87. The standard InChI is InChI=1S/C20H24N2O/c1-3-4-14-22-15-8-11-19(17-22)16-21(2)20(23)13-12-18-9-6-5-7-10-18/h5-7,9-13H,8,14-17H2,1-2H3. The normalized spacial score (nSPS) is 15.0. The van der Waals surface area contributed by atoms with Gasteiger partial charge in [0.05, 0.1) is 6.54 Å². The van der Waals surface area contributed by atoms with E-state index in [0.717, 1.165) is 31.6 Å². The summed E-state index contributed by atoms with van der Waals surface area (Å²) in [5, 5.41) is 0. The quantitative estimate of drug-likeness (QED) is 0.474. The highest BCUT2D eigenvalue weighted by atomic mass is 16.2. The summed E-state index contributed by atoms with van der Waals surface area (Å²) in [7, 11) is 1.85. The lowest BCUT2D eigenvalue weighted by Crippen LogP contribution is -2.35. The molecular weight excluding hydrogens is 284 g/mol. The van der Waals surface area contributed by atoms with Gasteiger partial charge < -0.3 is 4.90 Å². The molecule has 0 saturated heterocycles. The first-order valence-corrected chi connectivity index (χ1v) is 7.97. The predicted molar refractivity (Wildman–Crippen MR) is 95.7 cm³/mol. The minimum atomic E-state index is 0.0280. The van der Waals surface area contributed by atoms with E-state index < -0.39 is 0 Å². The Morgan fingerprint density at radius 2 is 2.13 bits per heavy atom. The minimum Gasteiger partial charge on any atom is -0.338 e. The van der Waals surface area contributed by atoms with Crippen molar-refractivity contribution < 1.29 is 4.79 Å². The monoisotopic (exact) mass is 308 g/mol. The van der Waals surface area contributed by atoms with E-state index in [1.165, 1.54) is 5.57 Å². The maximum Gasteiger partial charge on any atom is 0.246 e. The Hall–Kier alpha value is -2.31. The van der Waals surface area contributed by atoms with Crippen LogP contribution in [0.4, 0.5) is 0 Å². The molecule has 1 heterocycles. The molecule has 0 radical (unpaired) electrons. The van der Waals surface area contributed by atoms with Crippen LogP contribution in [0, 0.1) is 11.8 Å². The van der Waals surface area contributed by atoms with Gasteiger partial charge >= 0.3 is 0 Å². The van der Waals surface area contributed by atoms with Gasteiger partial charge in [-0.15, -0.1) is 5.92 Å². The van der Waals surface area contributed by atoms with Crippen molar-refractivity contribution in [3.8, 4) is 11.8 Å². The highest BCUT2D eigenvalue weighted by molar-refractivity contribution is 5.91. The summed E-state index contributed by atoms with van der Waals surface area (Å²) >= 11 is 0. The van der Waals surface area contributed by atoms with E-state index in [4.69, 9.17) is 0 Å². The van der Waals surface area contributed by atoms with E-state index in [0.29, 0.717) is 6.54 Å². The zero-order valence-corrected chi connectivity index (χ0v) is 14.0. The van der Waals surface area contributed by atoms with Crippen LogP contribution in [-0.4, -0.2) is 48.9 Å². The SMILES string of the molecule is CC#CCN1CCC=C(CN(C)C(=O)C=Cc2ccccc2)C1.